The molecule has 0 heterocycles. The van der Waals surface area contributed by atoms with Gasteiger partial charge in [0.25, 0.3) is 0 Å². The van der Waals surface area contributed by atoms with E-state index in [1.165, 1.54) is 11.8 Å². The van der Waals surface area contributed by atoms with Gasteiger partial charge < -0.3 is 10.4 Å². The molecule has 4 aromatic rings. The highest BCUT2D eigenvalue weighted by molar-refractivity contribution is 8.00. The minimum Gasteiger partial charge on any atom is -0.480 e. The third-order valence-electron chi connectivity index (χ3n) is 5.85. The zero-order valence-corrected chi connectivity index (χ0v) is 20.0. The van der Waals surface area contributed by atoms with Gasteiger partial charge >= 0.3 is 5.97 Å². The first kappa shape index (κ1) is 24.3. The van der Waals surface area contributed by atoms with E-state index in [-0.39, 0.29) is 18.1 Å². The van der Waals surface area contributed by atoms with Gasteiger partial charge in [-0.3, -0.25) is 4.79 Å². The van der Waals surface area contributed by atoms with Crippen molar-refractivity contribution in [3.8, 4) is 0 Å². The highest BCUT2D eigenvalue weighted by Crippen LogP contribution is 2.48. The van der Waals surface area contributed by atoms with Crippen LogP contribution in [0.4, 0.5) is 0 Å². The van der Waals surface area contributed by atoms with Crippen LogP contribution in [-0.2, 0) is 20.8 Å². The van der Waals surface area contributed by atoms with Crippen LogP contribution in [0.25, 0.3) is 0 Å². The topological polar surface area (TPSA) is 66.4 Å². The summed E-state index contributed by atoms with van der Waals surface area (Å²) in [5.74, 6) is -1.18. The van der Waals surface area contributed by atoms with Crippen LogP contribution in [0.2, 0.25) is 0 Å². The second-order valence-electron chi connectivity index (χ2n) is 8.21. The number of nitrogens with one attached hydrogen (secondary N) is 1. The first-order valence-electron chi connectivity index (χ1n) is 11.5. The summed E-state index contributed by atoms with van der Waals surface area (Å²) < 4.78 is -0.651. The summed E-state index contributed by atoms with van der Waals surface area (Å²) in [6, 6.07) is 38.6. The molecule has 0 radical (unpaired) electrons. The second-order valence-corrected chi connectivity index (χ2v) is 9.45. The summed E-state index contributed by atoms with van der Waals surface area (Å²) in [6.07, 6.45) is 0.135. The van der Waals surface area contributed by atoms with Gasteiger partial charge in [0.15, 0.2) is 0 Å². The van der Waals surface area contributed by atoms with Gasteiger partial charge in [0.1, 0.15) is 6.04 Å². The third-order valence-corrected chi connectivity index (χ3v) is 7.49. The van der Waals surface area contributed by atoms with Gasteiger partial charge in [0, 0.05) is 5.75 Å². The van der Waals surface area contributed by atoms with Crippen molar-refractivity contribution in [3.63, 3.8) is 0 Å². The summed E-state index contributed by atoms with van der Waals surface area (Å²) in [4.78, 5) is 24.9. The Labute approximate surface area is 210 Å². The summed E-state index contributed by atoms with van der Waals surface area (Å²) in [6.45, 7) is 0. The SMILES string of the molecule is O=C(Cc1ccccc1)N[C@@H](CSC(c1ccccc1)(c1ccccc1)c1ccccc1)C(=O)O. The lowest BCUT2D eigenvalue weighted by molar-refractivity contribution is -0.141. The number of carbonyl (C=O) groups excluding carboxylic acids is 1. The number of hydrogen-bond donors (Lipinski definition) is 2. The molecule has 2 N–H and O–H groups in total. The average molecular weight is 482 g/mol. The fourth-order valence-electron chi connectivity index (χ4n) is 4.18. The van der Waals surface area contributed by atoms with Crippen LogP contribution in [0.3, 0.4) is 0 Å². The molecular weight excluding hydrogens is 454 g/mol. The van der Waals surface area contributed by atoms with E-state index in [9.17, 15) is 14.7 Å². The molecule has 4 rings (SSSR count). The van der Waals surface area contributed by atoms with Crippen molar-refractivity contribution >= 4 is 23.6 Å². The number of hydrogen-bond acceptors (Lipinski definition) is 3. The molecule has 0 aromatic heterocycles. The molecule has 1 atom stereocenters. The fraction of sp³-hybridized carbons (Fsp3) is 0.133. The van der Waals surface area contributed by atoms with E-state index < -0.39 is 16.8 Å². The minimum atomic E-state index is -1.05. The number of rotatable bonds is 10. The first-order chi connectivity index (χ1) is 17.1. The van der Waals surface area contributed by atoms with Gasteiger partial charge in [-0.25, -0.2) is 4.79 Å². The quantitative estimate of drug-likeness (QED) is 0.293. The third kappa shape index (κ3) is 5.81. The van der Waals surface area contributed by atoms with Crippen molar-refractivity contribution in [2.75, 3.05) is 5.75 Å². The monoisotopic (exact) mass is 481 g/mol. The Morgan fingerprint density at radius 2 is 1.09 bits per heavy atom. The molecule has 5 heteroatoms. The minimum absolute atomic E-state index is 0.135. The van der Waals surface area contributed by atoms with Crippen LogP contribution in [-0.4, -0.2) is 28.8 Å². The van der Waals surface area contributed by atoms with Gasteiger partial charge in [-0.2, -0.15) is 0 Å². The zero-order valence-electron chi connectivity index (χ0n) is 19.2. The van der Waals surface area contributed by atoms with E-state index >= 15 is 0 Å². The summed E-state index contributed by atoms with van der Waals surface area (Å²) >= 11 is 1.52. The molecule has 0 aliphatic heterocycles. The van der Waals surface area contributed by atoms with Crippen molar-refractivity contribution in [2.24, 2.45) is 0 Å². The lowest BCUT2D eigenvalue weighted by atomic mass is 9.84. The highest BCUT2D eigenvalue weighted by atomic mass is 32.2. The van der Waals surface area contributed by atoms with Crippen molar-refractivity contribution in [2.45, 2.75) is 17.2 Å². The standard InChI is InChI=1S/C30H27NO3S/c32-28(21-23-13-5-1-6-14-23)31-27(29(33)34)22-35-30(24-15-7-2-8-16-24,25-17-9-3-10-18-25)26-19-11-4-12-20-26/h1-20,27H,21-22H2,(H,31,32)(H,33,34)/t27-/m0/s1. The Bertz CT molecular complexity index is 1140. The van der Waals surface area contributed by atoms with Crippen LogP contribution in [0.15, 0.2) is 121 Å². The molecule has 0 spiro atoms. The lowest BCUT2D eigenvalue weighted by Crippen LogP contribution is -2.44. The van der Waals surface area contributed by atoms with Crippen LogP contribution in [0.1, 0.15) is 22.3 Å². The van der Waals surface area contributed by atoms with Gasteiger partial charge in [0.05, 0.1) is 11.2 Å². The summed E-state index contributed by atoms with van der Waals surface area (Å²) in [5.41, 5.74) is 3.97. The van der Waals surface area contributed by atoms with Crippen molar-refractivity contribution in [1.82, 2.24) is 5.32 Å². The van der Waals surface area contributed by atoms with Crippen molar-refractivity contribution in [3.05, 3.63) is 144 Å². The van der Waals surface area contributed by atoms with Gasteiger partial charge in [0.2, 0.25) is 5.91 Å². The predicted molar refractivity (Wildman–Crippen MR) is 141 cm³/mol. The number of carboxylic acid groups (broad SMARTS) is 1. The Balaban J connectivity index is 1.67. The first-order valence-corrected chi connectivity index (χ1v) is 12.4. The molecule has 0 saturated heterocycles. The number of thioether (sulfide) groups is 1. The maximum Gasteiger partial charge on any atom is 0.327 e. The normalized spacial score (nSPS) is 12.0. The lowest BCUT2D eigenvalue weighted by Gasteiger charge is -2.36. The largest absolute Gasteiger partial charge is 0.480 e. The van der Waals surface area contributed by atoms with Crippen LogP contribution in [0, 0.1) is 0 Å². The van der Waals surface area contributed by atoms with E-state index in [2.05, 4.69) is 41.7 Å². The molecule has 0 bridgehead atoms. The maximum atomic E-state index is 12.7. The zero-order chi connectivity index (χ0) is 24.5. The molecular formula is C30H27NO3S. The van der Waals surface area contributed by atoms with Gasteiger partial charge in [-0.05, 0) is 22.3 Å². The van der Waals surface area contributed by atoms with E-state index in [1.54, 1.807) is 0 Å². The van der Waals surface area contributed by atoms with E-state index in [0.29, 0.717) is 0 Å². The Kier molecular flexibility index (Phi) is 8.01. The van der Waals surface area contributed by atoms with Gasteiger partial charge in [-0.15, -0.1) is 11.8 Å². The smallest absolute Gasteiger partial charge is 0.327 e. The molecule has 35 heavy (non-hydrogen) atoms. The molecule has 0 aliphatic carbocycles. The summed E-state index contributed by atoms with van der Waals surface area (Å²) in [7, 11) is 0. The van der Waals surface area contributed by atoms with Crippen LogP contribution in [0.5, 0.6) is 0 Å². The molecule has 1 amide bonds. The van der Waals surface area contributed by atoms with E-state index in [1.807, 2.05) is 84.9 Å². The van der Waals surface area contributed by atoms with E-state index in [0.717, 1.165) is 22.3 Å². The molecule has 0 aliphatic rings. The molecule has 0 unspecified atom stereocenters. The van der Waals surface area contributed by atoms with Crippen molar-refractivity contribution < 1.29 is 14.7 Å². The molecule has 0 fully saturated rings. The summed E-state index contributed by atoms with van der Waals surface area (Å²) in [5, 5.41) is 12.7. The Morgan fingerprint density at radius 3 is 1.49 bits per heavy atom. The fourth-order valence-corrected chi connectivity index (χ4v) is 5.73. The predicted octanol–water partition coefficient (Wildman–Crippen LogP) is 5.52. The second kappa shape index (κ2) is 11.5. The molecule has 4 aromatic carbocycles. The van der Waals surface area contributed by atoms with Crippen molar-refractivity contribution in [1.29, 1.82) is 0 Å². The van der Waals surface area contributed by atoms with Crippen LogP contribution < -0.4 is 5.32 Å². The molecule has 0 saturated carbocycles. The number of carbonyl (C=O) groups is 2. The number of amides is 1. The van der Waals surface area contributed by atoms with E-state index in [4.69, 9.17) is 0 Å². The molecule has 4 nitrogen and oxygen atoms in total. The van der Waals surface area contributed by atoms with Gasteiger partial charge in [-0.1, -0.05) is 121 Å². The Hall–Kier alpha value is -3.83. The average Bonchev–Trinajstić information content (AvgIpc) is 2.90. The molecule has 176 valence electrons. The van der Waals surface area contributed by atoms with Crippen LogP contribution >= 0.6 is 11.8 Å². The maximum absolute atomic E-state index is 12.7. The number of benzene rings is 4. The number of carboxylic acids is 1. The highest BCUT2D eigenvalue weighted by Gasteiger charge is 2.38. The number of aliphatic carboxylic acids is 1. The Morgan fingerprint density at radius 1 is 0.686 bits per heavy atom.